The molecule has 1 N–H and O–H groups in total. The van der Waals surface area contributed by atoms with E-state index in [9.17, 15) is 14.0 Å². The van der Waals surface area contributed by atoms with Gasteiger partial charge in [0.25, 0.3) is 0 Å². The number of hydrogen-bond acceptors (Lipinski definition) is 2. The van der Waals surface area contributed by atoms with Crippen molar-refractivity contribution < 1.29 is 19.1 Å². The van der Waals surface area contributed by atoms with E-state index in [0.29, 0.717) is 6.54 Å². The maximum atomic E-state index is 13.6. The summed E-state index contributed by atoms with van der Waals surface area (Å²) in [5.41, 5.74) is 1.87. The van der Waals surface area contributed by atoms with E-state index in [1.54, 1.807) is 29.2 Å². The first kappa shape index (κ1) is 13.9. The lowest BCUT2D eigenvalue weighted by molar-refractivity contribution is -0.120. The van der Waals surface area contributed by atoms with Gasteiger partial charge in [-0.3, -0.25) is 4.79 Å². The molecular weight excluding hydrogens is 297 g/mol. The molecule has 4 rings (SSSR count). The molecule has 0 bridgehead atoms. The molecular formula is C18H14FNO3. The Labute approximate surface area is 132 Å². The summed E-state index contributed by atoms with van der Waals surface area (Å²) >= 11 is 0. The number of carbonyl (C=O) groups is 2. The van der Waals surface area contributed by atoms with Gasteiger partial charge in [-0.1, -0.05) is 12.1 Å². The van der Waals surface area contributed by atoms with Crippen LogP contribution in [0.1, 0.15) is 34.3 Å². The van der Waals surface area contributed by atoms with E-state index in [2.05, 4.69) is 0 Å². The summed E-state index contributed by atoms with van der Waals surface area (Å²) < 4.78 is 13.6. The van der Waals surface area contributed by atoms with E-state index >= 15 is 0 Å². The van der Waals surface area contributed by atoms with Crippen molar-refractivity contribution in [1.29, 1.82) is 0 Å². The average Bonchev–Trinajstić information content (AvgIpc) is 3.30. The normalized spacial score (nSPS) is 17.4. The molecule has 0 unspecified atom stereocenters. The molecule has 2 aromatic rings. The van der Waals surface area contributed by atoms with Crippen molar-refractivity contribution in [1.82, 2.24) is 0 Å². The van der Waals surface area contributed by atoms with Gasteiger partial charge in [0, 0.05) is 5.69 Å². The predicted octanol–water partition coefficient (Wildman–Crippen LogP) is 3.10. The summed E-state index contributed by atoms with van der Waals surface area (Å²) in [5.74, 6) is -1.35. The number of carboxylic acid groups (broad SMARTS) is 1. The van der Waals surface area contributed by atoms with Crippen LogP contribution >= 0.6 is 0 Å². The van der Waals surface area contributed by atoms with Gasteiger partial charge in [0.05, 0.1) is 17.5 Å². The van der Waals surface area contributed by atoms with E-state index in [1.165, 1.54) is 18.2 Å². The highest BCUT2D eigenvalue weighted by Crippen LogP contribution is 2.57. The Hall–Kier alpha value is -2.69. The number of aromatic carboxylic acids is 1. The lowest BCUT2D eigenvalue weighted by Crippen LogP contribution is -2.31. The van der Waals surface area contributed by atoms with E-state index in [4.69, 9.17) is 5.11 Å². The Morgan fingerprint density at radius 3 is 2.70 bits per heavy atom. The van der Waals surface area contributed by atoms with Gasteiger partial charge < -0.3 is 10.0 Å². The number of benzene rings is 2. The summed E-state index contributed by atoms with van der Waals surface area (Å²) in [7, 11) is 0. The molecule has 4 nitrogen and oxygen atoms in total. The second-order valence-electron chi connectivity index (χ2n) is 6.14. The van der Waals surface area contributed by atoms with Crippen LogP contribution in [0.25, 0.3) is 0 Å². The van der Waals surface area contributed by atoms with Gasteiger partial charge in [0.2, 0.25) is 5.91 Å². The summed E-state index contributed by atoms with van der Waals surface area (Å²) in [6, 6.07) is 11.0. The zero-order valence-corrected chi connectivity index (χ0v) is 12.3. The molecule has 2 aromatic carbocycles. The number of anilines is 1. The molecule has 116 valence electrons. The first-order chi connectivity index (χ1) is 11.0. The van der Waals surface area contributed by atoms with E-state index in [0.717, 1.165) is 29.7 Å². The van der Waals surface area contributed by atoms with Crippen LogP contribution in [0.5, 0.6) is 0 Å². The molecule has 5 heteroatoms. The van der Waals surface area contributed by atoms with Gasteiger partial charge in [-0.05, 0) is 54.3 Å². The Bertz CT molecular complexity index is 842. The van der Waals surface area contributed by atoms with Crippen molar-refractivity contribution in [3.63, 3.8) is 0 Å². The number of halogens is 1. The van der Waals surface area contributed by atoms with Crippen LogP contribution < -0.4 is 4.90 Å². The van der Waals surface area contributed by atoms with Gasteiger partial charge in [-0.15, -0.1) is 0 Å². The highest BCUT2D eigenvalue weighted by molar-refractivity contribution is 6.10. The molecule has 23 heavy (non-hydrogen) atoms. The predicted molar refractivity (Wildman–Crippen MR) is 81.9 cm³/mol. The third-order valence-electron chi connectivity index (χ3n) is 4.68. The number of rotatable bonds is 3. The Balaban J connectivity index is 1.72. The highest BCUT2D eigenvalue weighted by atomic mass is 19.1. The van der Waals surface area contributed by atoms with E-state index in [-0.39, 0.29) is 17.3 Å². The third kappa shape index (κ3) is 2.04. The monoisotopic (exact) mass is 311 g/mol. The minimum Gasteiger partial charge on any atom is -0.478 e. The van der Waals surface area contributed by atoms with Crippen LogP contribution in [0.3, 0.4) is 0 Å². The van der Waals surface area contributed by atoms with Crippen LogP contribution in [0.2, 0.25) is 0 Å². The number of hydrogen-bond donors (Lipinski definition) is 1. The molecule has 1 fully saturated rings. The van der Waals surface area contributed by atoms with Crippen LogP contribution in [0.15, 0.2) is 42.5 Å². The Morgan fingerprint density at radius 1 is 1.22 bits per heavy atom. The Morgan fingerprint density at radius 2 is 2.00 bits per heavy atom. The van der Waals surface area contributed by atoms with Gasteiger partial charge in [0.1, 0.15) is 5.82 Å². The van der Waals surface area contributed by atoms with Crippen molar-refractivity contribution in [2.75, 3.05) is 4.90 Å². The van der Waals surface area contributed by atoms with Gasteiger partial charge in [-0.2, -0.15) is 0 Å². The number of carbonyl (C=O) groups excluding carboxylic acids is 1. The minimum atomic E-state index is -0.999. The molecule has 0 atom stereocenters. The fourth-order valence-corrected chi connectivity index (χ4v) is 3.36. The molecule has 0 radical (unpaired) electrons. The average molecular weight is 311 g/mol. The van der Waals surface area contributed by atoms with Crippen LogP contribution in [-0.2, 0) is 16.8 Å². The SMILES string of the molecule is O=C(O)c1cccc(CN2C(=O)C3(CC3)c3cc(F)ccc32)c1. The zero-order chi connectivity index (χ0) is 16.2. The molecule has 0 saturated heterocycles. The van der Waals surface area contributed by atoms with Crippen molar-refractivity contribution in [3.05, 3.63) is 65.0 Å². The van der Waals surface area contributed by atoms with Gasteiger partial charge in [-0.25, -0.2) is 9.18 Å². The molecule has 1 heterocycles. The number of amides is 1. The summed E-state index contributed by atoms with van der Waals surface area (Å²) in [5, 5.41) is 9.08. The molecule has 1 saturated carbocycles. The number of fused-ring (bicyclic) bond motifs is 2. The number of nitrogens with zero attached hydrogens (tertiary/aromatic N) is 1. The standard InChI is InChI=1S/C18H14FNO3/c19-13-4-5-15-14(9-13)18(6-7-18)17(23)20(15)10-11-2-1-3-12(8-11)16(21)22/h1-5,8-9H,6-7,10H2,(H,21,22). The second-order valence-corrected chi connectivity index (χ2v) is 6.14. The maximum absolute atomic E-state index is 13.6. The quantitative estimate of drug-likeness (QED) is 0.947. The van der Waals surface area contributed by atoms with Gasteiger partial charge >= 0.3 is 5.97 Å². The highest BCUT2D eigenvalue weighted by Gasteiger charge is 2.59. The number of carboxylic acids is 1. The van der Waals surface area contributed by atoms with E-state index < -0.39 is 11.4 Å². The first-order valence-electron chi connectivity index (χ1n) is 7.45. The molecule has 0 aromatic heterocycles. The molecule has 1 aliphatic carbocycles. The van der Waals surface area contributed by atoms with E-state index in [1.807, 2.05) is 0 Å². The molecule has 1 aliphatic heterocycles. The van der Waals surface area contributed by atoms with Crippen LogP contribution in [-0.4, -0.2) is 17.0 Å². The topological polar surface area (TPSA) is 57.6 Å². The molecule has 1 amide bonds. The van der Waals surface area contributed by atoms with Crippen LogP contribution in [0, 0.1) is 5.82 Å². The smallest absolute Gasteiger partial charge is 0.335 e. The summed E-state index contributed by atoms with van der Waals surface area (Å²) in [6.45, 7) is 0.292. The minimum absolute atomic E-state index is 0.0150. The van der Waals surface area contributed by atoms with Crippen molar-refractivity contribution in [2.45, 2.75) is 24.8 Å². The maximum Gasteiger partial charge on any atom is 0.335 e. The lowest BCUT2D eigenvalue weighted by atomic mass is 9.98. The van der Waals surface area contributed by atoms with Crippen molar-refractivity contribution in [3.8, 4) is 0 Å². The van der Waals surface area contributed by atoms with Crippen molar-refractivity contribution in [2.24, 2.45) is 0 Å². The zero-order valence-electron chi connectivity index (χ0n) is 12.3. The lowest BCUT2D eigenvalue weighted by Gasteiger charge is -2.18. The van der Waals surface area contributed by atoms with Crippen LogP contribution in [0.4, 0.5) is 10.1 Å². The van der Waals surface area contributed by atoms with Gasteiger partial charge in [0.15, 0.2) is 0 Å². The first-order valence-corrected chi connectivity index (χ1v) is 7.45. The largest absolute Gasteiger partial charge is 0.478 e. The second kappa shape index (κ2) is 4.65. The summed E-state index contributed by atoms with van der Waals surface area (Å²) in [4.78, 5) is 25.5. The summed E-state index contributed by atoms with van der Waals surface area (Å²) in [6.07, 6.45) is 1.49. The van der Waals surface area contributed by atoms with Crippen molar-refractivity contribution >= 4 is 17.6 Å². The fraction of sp³-hybridized carbons (Fsp3) is 0.222. The fourth-order valence-electron chi connectivity index (χ4n) is 3.36. The third-order valence-corrected chi connectivity index (χ3v) is 4.68. The molecule has 2 aliphatic rings. The molecule has 1 spiro atoms. The Kier molecular flexibility index (Phi) is 2.82.